The molecule has 0 fully saturated rings. The van der Waals surface area contributed by atoms with Crippen LogP contribution in [0.25, 0.3) is 0 Å². The number of ether oxygens (including phenoxy) is 1. The molecule has 17 heavy (non-hydrogen) atoms. The Bertz CT molecular complexity index is 491. The topological polar surface area (TPSA) is 35.0 Å². The van der Waals surface area contributed by atoms with Crippen molar-refractivity contribution in [3.63, 3.8) is 0 Å². The van der Waals surface area contributed by atoms with Gasteiger partial charge in [-0.2, -0.15) is 0 Å². The Morgan fingerprint density at radius 2 is 1.76 bits per heavy atom. The van der Waals surface area contributed by atoms with Crippen molar-refractivity contribution in [2.45, 2.75) is 19.7 Å². The molecule has 1 aromatic carbocycles. The lowest BCUT2D eigenvalue weighted by Gasteiger charge is -2.06. The number of aromatic nitrogens is 2. The number of rotatable bonds is 3. The number of benzene rings is 1. The second-order valence-corrected chi connectivity index (χ2v) is 4.17. The molecule has 0 aliphatic carbocycles. The number of alkyl halides is 1. The molecule has 0 aliphatic rings. The highest BCUT2D eigenvalue weighted by molar-refractivity contribution is 6.16. The van der Waals surface area contributed by atoms with Gasteiger partial charge in [-0.15, -0.1) is 11.6 Å². The standard InChI is InChI=1S/C13H13ClN2O/c1-9-3-10(2)5-12(4-9)17-13-8-15-11(6-14)7-16-13/h3-5,7-8H,6H2,1-2H3. The summed E-state index contributed by atoms with van der Waals surface area (Å²) >= 11 is 5.64. The second kappa shape index (κ2) is 5.15. The number of hydrogen-bond acceptors (Lipinski definition) is 3. The highest BCUT2D eigenvalue weighted by Gasteiger charge is 2.01. The third kappa shape index (κ3) is 3.17. The van der Waals surface area contributed by atoms with Gasteiger partial charge in [0.2, 0.25) is 5.88 Å². The molecule has 2 aromatic rings. The fraction of sp³-hybridized carbons (Fsp3) is 0.231. The number of aryl methyl sites for hydroxylation is 2. The Balaban J connectivity index is 2.19. The van der Waals surface area contributed by atoms with Crippen molar-refractivity contribution in [2.75, 3.05) is 0 Å². The predicted octanol–water partition coefficient (Wildman–Crippen LogP) is 3.62. The van der Waals surface area contributed by atoms with E-state index in [1.807, 2.05) is 26.0 Å². The van der Waals surface area contributed by atoms with Crippen LogP contribution in [0.3, 0.4) is 0 Å². The van der Waals surface area contributed by atoms with Gasteiger partial charge < -0.3 is 4.74 Å². The molecule has 4 heteroatoms. The minimum absolute atomic E-state index is 0.358. The maximum absolute atomic E-state index is 5.64. The average Bonchev–Trinajstić information content (AvgIpc) is 2.28. The average molecular weight is 249 g/mol. The van der Waals surface area contributed by atoms with Gasteiger partial charge in [-0.3, -0.25) is 4.98 Å². The first-order valence-corrected chi connectivity index (χ1v) is 5.84. The monoisotopic (exact) mass is 248 g/mol. The van der Waals surface area contributed by atoms with Gasteiger partial charge >= 0.3 is 0 Å². The lowest BCUT2D eigenvalue weighted by molar-refractivity contribution is 0.459. The first-order chi connectivity index (χ1) is 8.17. The zero-order valence-corrected chi connectivity index (χ0v) is 10.5. The van der Waals surface area contributed by atoms with Gasteiger partial charge in [0, 0.05) is 0 Å². The van der Waals surface area contributed by atoms with E-state index in [1.54, 1.807) is 12.4 Å². The predicted molar refractivity (Wildman–Crippen MR) is 67.6 cm³/mol. The van der Waals surface area contributed by atoms with Crippen LogP contribution in [-0.4, -0.2) is 9.97 Å². The van der Waals surface area contributed by atoms with E-state index >= 15 is 0 Å². The van der Waals surface area contributed by atoms with E-state index in [-0.39, 0.29) is 0 Å². The second-order valence-electron chi connectivity index (χ2n) is 3.91. The molecule has 0 aliphatic heterocycles. The van der Waals surface area contributed by atoms with Gasteiger partial charge in [0.1, 0.15) is 5.75 Å². The SMILES string of the molecule is Cc1cc(C)cc(Oc2cnc(CCl)cn2)c1. The Morgan fingerprint density at radius 1 is 1.06 bits per heavy atom. The summed E-state index contributed by atoms with van der Waals surface area (Å²) in [5.74, 6) is 1.61. The first kappa shape index (κ1) is 11.9. The number of hydrogen-bond donors (Lipinski definition) is 0. The van der Waals surface area contributed by atoms with Crippen LogP contribution in [0.5, 0.6) is 11.6 Å². The van der Waals surface area contributed by atoms with Crippen LogP contribution in [-0.2, 0) is 5.88 Å². The molecular weight excluding hydrogens is 236 g/mol. The molecule has 0 unspecified atom stereocenters. The summed E-state index contributed by atoms with van der Waals surface area (Å²) in [6, 6.07) is 6.02. The van der Waals surface area contributed by atoms with Crippen LogP contribution >= 0.6 is 11.6 Å². The van der Waals surface area contributed by atoms with E-state index in [1.165, 1.54) is 0 Å². The maximum Gasteiger partial charge on any atom is 0.237 e. The van der Waals surface area contributed by atoms with Crippen molar-refractivity contribution in [3.8, 4) is 11.6 Å². The van der Waals surface area contributed by atoms with Crippen LogP contribution in [0.1, 0.15) is 16.8 Å². The lowest BCUT2D eigenvalue weighted by Crippen LogP contribution is -1.92. The van der Waals surface area contributed by atoms with Gasteiger partial charge in [0.25, 0.3) is 0 Å². The Kier molecular flexibility index (Phi) is 3.59. The van der Waals surface area contributed by atoms with Crippen LogP contribution < -0.4 is 4.74 Å². The Labute approximate surface area is 105 Å². The van der Waals surface area contributed by atoms with Gasteiger partial charge in [-0.05, 0) is 37.1 Å². The van der Waals surface area contributed by atoms with E-state index in [9.17, 15) is 0 Å². The zero-order valence-electron chi connectivity index (χ0n) is 9.77. The fourth-order valence-electron chi connectivity index (χ4n) is 1.58. The summed E-state index contributed by atoms with van der Waals surface area (Å²) in [6.45, 7) is 4.06. The minimum atomic E-state index is 0.358. The van der Waals surface area contributed by atoms with Crippen LogP contribution in [0, 0.1) is 13.8 Å². The molecule has 1 heterocycles. The molecule has 2 rings (SSSR count). The number of nitrogens with zero attached hydrogens (tertiary/aromatic N) is 2. The molecule has 0 spiro atoms. The molecule has 0 radical (unpaired) electrons. The van der Waals surface area contributed by atoms with Crippen molar-refractivity contribution in [3.05, 3.63) is 47.4 Å². The Morgan fingerprint density at radius 3 is 2.29 bits per heavy atom. The normalized spacial score (nSPS) is 10.3. The molecule has 0 bridgehead atoms. The lowest BCUT2D eigenvalue weighted by atomic mass is 10.1. The minimum Gasteiger partial charge on any atom is -0.437 e. The van der Waals surface area contributed by atoms with Crippen molar-refractivity contribution < 1.29 is 4.74 Å². The molecule has 1 aromatic heterocycles. The van der Waals surface area contributed by atoms with Crippen molar-refractivity contribution in [1.29, 1.82) is 0 Å². The molecule has 0 amide bonds. The fourth-order valence-corrected chi connectivity index (χ4v) is 1.72. The molecule has 0 saturated carbocycles. The third-order valence-electron chi connectivity index (χ3n) is 2.24. The van der Waals surface area contributed by atoms with E-state index in [2.05, 4.69) is 16.0 Å². The summed E-state index contributed by atoms with van der Waals surface area (Å²) < 4.78 is 5.62. The van der Waals surface area contributed by atoms with Crippen LogP contribution in [0.4, 0.5) is 0 Å². The molecule has 3 nitrogen and oxygen atoms in total. The van der Waals surface area contributed by atoms with Crippen molar-refractivity contribution in [2.24, 2.45) is 0 Å². The van der Waals surface area contributed by atoms with Gasteiger partial charge in [0.15, 0.2) is 0 Å². The van der Waals surface area contributed by atoms with Crippen LogP contribution in [0.2, 0.25) is 0 Å². The summed E-state index contributed by atoms with van der Waals surface area (Å²) in [5, 5.41) is 0. The van der Waals surface area contributed by atoms with Crippen LogP contribution in [0.15, 0.2) is 30.6 Å². The van der Waals surface area contributed by atoms with E-state index in [0.29, 0.717) is 11.8 Å². The van der Waals surface area contributed by atoms with E-state index in [4.69, 9.17) is 16.3 Å². The number of halogens is 1. The first-order valence-electron chi connectivity index (χ1n) is 5.30. The van der Waals surface area contributed by atoms with E-state index < -0.39 is 0 Å². The third-order valence-corrected chi connectivity index (χ3v) is 2.51. The summed E-state index contributed by atoms with van der Waals surface area (Å²) in [4.78, 5) is 8.25. The molecule has 0 N–H and O–H groups in total. The molecule has 0 atom stereocenters. The van der Waals surface area contributed by atoms with E-state index in [0.717, 1.165) is 22.6 Å². The molecular formula is C13H13ClN2O. The zero-order chi connectivity index (χ0) is 12.3. The van der Waals surface area contributed by atoms with Gasteiger partial charge in [-0.1, -0.05) is 6.07 Å². The summed E-state index contributed by atoms with van der Waals surface area (Å²) in [7, 11) is 0. The Hall–Kier alpha value is -1.61. The van der Waals surface area contributed by atoms with Crippen molar-refractivity contribution >= 4 is 11.6 Å². The largest absolute Gasteiger partial charge is 0.437 e. The smallest absolute Gasteiger partial charge is 0.237 e. The van der Waals surface area contributed by atoms with Crippen molar-refractivity contribution in [1.82, 2.24) is 9.97 Å². The highest BCUT2D eigenvalue weighted by atomic mass is 35.5. The maximum atomic E-state index is 5.64. The molecule has 88 valence electrons. The van der Waals surface area contributed by atoms with Gasteiger partial charge in [-0.25, -0.2) is 4.98 Å². The molecule has 0 saturated heterocycles. The van der Waals surface area contributed by atoms with Gasteiger partial charge in [0.05, 0.1) is 24.0 Å². The summed E-state index contributed by atoms with van der Waals surface area (Å²) in [6.07, 6.45) is 3.19. The summed E-state index contributed by atoms with van der Waals surface area (Å²) in [5.41, 5.74) is 3.05. The quantitative estimate of drug-likeness (QED) is 0.778. The highest BCUT2D eigenvalue weighted by Crippen LogP contribution is 2.21.